The predicted octanol–water partition coefficient (Wildman–Crippen LogP) is 4.48. The molecule has 0 aliphatic heterocycles. The Morgan fingerprint density at radius 1 is 1.19 bits per heavy atom. The molecule has 21 heavy (non-hydrogen) atoms. The van der Waals surface area contributed by atoms with Crippen LogP contribution in [0.3, 0.4) is 0 Å². The van der Waals surface area contributed by atoms with Gasteiger partial charge in [-0.15, -0.1) is 0 Å². The molecule has 0 bridgehead atoms. The third-order valence-corrected chi connectivity index (χ3v) is 3.35. The molecule has 1 aromatic carbocycles. The number of alkyl halides is 3. The van der Waals surface area contributed by atoms with E-state index in [4.69, 9.17) is 11.6 Å². The number of aromatic nitrogens is 2. The van der Waals surface area contributed by atoms with Crippen molar-refractivity contribution in [1.82, 2.24) is 9.97 Å². The number of anilines is 1. The maximum atomic E-state index is 12.4. The fourth-order valence-electron chi connectivity index (χ4n) is 1.58. The van der Waals surface area contributed by atoms with E-state index in [1.807, 2.05) is 6.26 Å². The van der Waals surface area contributed by atoms with Crippen molar-refractivity contribution in [3.05, 3.63) is 46.6 Å². The zero-order valence-electron chi connectivity index (χ0n) is 10.9. The van der Waals surface area contributed by atoms with Gasteiger partial charge in [-0.2, -0.15) is 13.2 Å². The van der Waals surface area contributed by atoms with Crippen molar-refractivity contribution in [2.24, 2.45) is 0 Å². The van der Waals surface area contributed by atoms with E-state index in [0.717, 1.165) is 12.1 Å². The van der Waals surface area contributed by atoms with Gasteiger partial charge in [0, 0.05) is 12.6 Å². The van der Waals surface area contributed by atoms with Gasteiger partial charge in [-0.25, -0.2) is 9.97 Å². The highest BCUT2D eigenvalue weighted by molar-refractivity contribution is 7.98. The molecule has 0 fully saturated rings. The van der Waals surface area contributed by atoms with E-state index >= 15 is 0 Å². The van der Waals surface area contributed by atoms with Gasteiger partial charge in [-0.05, 0) is 24.0 Å². The summed E-state index contributed by atoms with van der Waals surface area (Å²) >= 11 is 7.20. The molecule has 8 heteroatoms. The van der Waals surface area contributed by atoms with E-state index in [0.29, 0.717) is 28.2 Å². The van der Waals surface area contributed by atoms with Crippen LogP contribution in [0.25, 0.3) is 0 Å². The second-order valence-corrected chi connectivity index (χ2v) is 5.27. The number of hydrogen-bond acceptors (Lipinski definition) is 4. The van der Waals surface area contributed by atoms with Gasteiger partial charge < -0.3 is 5.32 Å². The Labute approximate surface area is 128 Å². The minimum atomic E-state index is -4.32. The molecule has 0 atom stereocenters. The molecule has 3 nitrogen and oxygen atoms in total. The van der Waals surface area contributed by atoms with Crippen LogP contribution >= 0.6 is 23.4 Å². The number of halogens is 4. The topological polar surface area (TPSA) is 37.8 Å². The SMILES string of the molecule is CSc1nc(Cl)cc(NCc2ccc(C(F)(F)F)cc2)n1. The monoisotopic (exact) mass is 333 g/mol. The van der Waals surface area contributed by atoms with Gasteiger partial charge in [0.2, 0.25) is 0 Å². The van der Waals surface area contributed by atoms with Crippen LogP contribution in [0.4, 0.5) is 19.0 Å². The predicted molar refractivity (Wildman–Crippen MR) is 77.6 cm³/mol. The van der Waals surface area contributed by atoms with E-state index in [2.05, 4.69) is 15.3 Å². The van der Waals surface area contributed by atoms with Crippen LogP contribution < -0.4 is 5.32 Å². The molecular weight excluding hydrogens is 323 g/mol. The molecule has 2 aromatic rings. The standard InChI is InChI=1S/C13H11ClF3N3S/c1-21-12-19-10(14)6-11(20-12)18-7-8-2-4-9(5-3-8)13(15,16)17/h2-6H,7H2,1H3,(H,18,19,20). The summed E-state index contributed by atoms with van der Waals surface area (Å²) in [5, 5.41) is 3.84. The van der Waals surface area contributed by atoms with Crippen LogP contribution in [0, 0.1) is 0 Å². The average molecular weight is 334 g/mol. The minimum Gasteiger partial charge on any atom is -0.366 e. The lowest BCUT2D eigenvalue weighted by atomic mass is 10.1. The molecule has 1 heterocycles. The molecule has 2 rings (SSSR count). The van der Waals surface area contributed by atoms with Crippen molar-refractivity contribution < 1.29 is 13.2 Å². The molecule has 0 amide bonds. The van der Waals surface area contributed by atoms with Crippen LogP contribution in [0.1, 0.15) is 11.1 Å². The first-order valence-electron chi connectivity index (χ1n) is 5.87. The van der Waals surface area contributed by atoms with E-state index in [1.54, 1.807) is 6.07 Å². The Hall–Kier alpha value is -1.47. The van der Waals surface area contributed by atoms with Crippen molar-refractivity contribution in [1.29, 1.82) is 0 Å². The first-order chi connectivity index (χ1) is 9.88. The van der Waals surface area contributed by atoms with E-state index < -0.39 is 11.7 Å². The third kappa shape index (κ3) is 4.50. The number of benzene rings is 1. The highest BCUT2D eigenvalue weighted by Crippen LogP contribution is 2.29. The molecule has 112 valence electrons. The van der Waals surface area contributed by atoms with Crippen molar-refractivity contribution in [3.8, 4) is 0 Å². The second kappa shape index (κ2) is 6.53. The molecule has 1 aromatic heterocycles. The number of rotatable bonds is 4. The van der Waals surface area contributed by atoms with Crippen LogP contribution in [0.5, 0.6) is 0 Å². The Bertz CT molecular complexity index is 617. The molecular formula is C13H11ClF3N3S. The minimum absolute atomic E-state index is 0.310. The summed E-state index contributed by atoms with van der Waals surface area (Å²) in [4.78, 5) is 8.20. The molecule has 1 N–H and O–H groups in total. The average Bonchev–Trinajstić information content (AvgIpc) is 2.44. The van der Waals surface area contributed by atoms with Crippen molar-refractivity contribution in [2.75, 3.05) is 11.6 Å². The smallest absolute Gasteiger partial charge is 0.366 e. The van der Waals surface area contributed by atoms with Crippen LogP contribution in [-0.4, -0.2) is 16.2 Å². The van der Waals surface area contributed by atoms with Gasteiger partial charge >= 0.3 is 6.18 Å². The number of nitrogens with zero attached hydrogens (tertiary/aromatic N) is 2. The molecule has 0 spiro atoms. The first-order valence-corrected chi connectivity index (χ1v) is 7.47. The molecule has 0 saturated carbocycles. The Kier molecular flexibility index (Phi) is 4.95. The van der Waals surface area contributed by atoms with Crippen LogP contribution in [0.15, 0.2) is 35.5 Å². The summed E-state index contributed by atoms with van der Waals surface area (Å²) in [5.74, 6) is 0.527. The summed E-state index contributed by atoms with van der Waals surface area (Å²) in [6.45, 7) is 0.347. The zero-order valence-corrected chi connectivity index (χ0v) is 12.5. The molecule has 0 saturated heterocycles. The Morgan fingerprint density at radius 2 is 1.86 bits per heavy atom. The van der Waals surface area contributed by atoms with E-state index in [1.165, 1.54) is 23.9 Å². The summed E-state index contributed by atoms with van der Waals surface area (Å²) < 4.78 is 37.3. The van der Waals surface area contributed by atoms with Crippen molar-refractivity contribution in [2.45, 2.75) is 17.9 Å². The van der Waals surface area contributed by atoms with Gasteiger partial charge in [-0.3, -0.25) is 0 Å². The van der Waals surface area contributed by atoms with Gasteiger partial charge in [-0.1, -0.05) is 35.5 Å². The van der Waals surface area contributed by atoms with Crippen LogP contribution in [-0.2, 0) is 12.7 Å². The number of thioether (sulfide) groups is 1. The van der Waals surface area contributed by atoms with Crippen LogP contribution in [0.2, 0.25) is 5.15 Å². The number of nitrogens with one attached hydrogen (secondary N) is 1. The maximum Gasteiger partial charge on any atom is 0.416 e. The highest BCUT2D eigenvalue weighted by Gasteiger charge is 2.29. The lowest BCUT2D eigenvalue weighted by Gasteiger charge is -2.09. The second-order valence-electron chi connectivity index (χ2n) is 4.11. The summed E-state index contributed by atoms with van der Waals surface area (Å²) in [7, 11) is 0. The van der Waals surface area contributed by atoms with Gasteiger partial charge in [0.05, 0.1) is 5.56 Å². The fourth-order valence-corrected chi connectivity index (χ4v) is 2.20. The van der Waals surface area contributed by atoms with E-state index in [-0.39, 0.29) is 0 Å². The number of hydrogen-bond donors (Lipinski definition) is 1. The highest BCUT2D eigenvalue weighted by atomic mass is 35.5. The summed E-state index contributed by atoms with van der Waals surface area (Å²) in [5.41, 5.74) is 0.0458. The fraction of sp³-hybridized carbons (Fsp3) is 0.231. The lowest BCUT2D eigenvalue weighted by Crippen LogP contribution is -2.06. The zero-order chi connectivity index (χ0) is 15.5. The molecule has 0 unspecified atom stereocenters. The normalized spacial score (nSPS) is 11.5. The third-order valence-electron chi connectivity index (χ3n) is 2.61. The van der Waals surface area contributed by atoms with Crippen molar-refractivity contribution in [3.63, 3.8) is 0 Å². The van der Waals surface area contributed by atoms with Crippen molar-refractivity contribution >= 4 is 29.2 Å². The quantitative estimate of drug-likeness (QED) is 0.508. The molecule has 0 aliphatic rings. The molecule has 0 aliphatic carbocycles. The van der Waals surface area contributed by atoms with E-state index in [9.17, 15) is 13.2 Å². The maximum absolute atomic E-state index is 12.4. The largest absolute Gasteiger partial charge is 0.416 e. The van der Waals surface area contributed by atoms with Gasteiger partial charge in [0.1, 0.15) is 11.0 Å². The van der Waals surface area contributed by atoms with Gasteiger partial charge in [0.15, 0.2) is 5.16 Å². The van der Waals surface area contributed by atoms with Gasteiger partial charge in [0.25, 0.3) is 0 Å². The Balaban J connectivity index is 2.05. The Morgan fingerprint density at radius 3 is 2.43 bits per heavy atom. The molecule has 0 radical (unpaired) electrons. The summed E-state index contributed by atoms with van der Waals surface area (Å²) in [6, 6.07) is 6.52. The summed E-state index contributed by atoms with van der Waals surface area (Å²) in [6.07, 6.45) is -2.50. The lowest BCUT2D eigenvalue weighted by molar-refractivity contribution is -0.137. The first kappa shape index (κ1) is 15.9.